The minimum Gasteiger partial charge on any atom is -0.396 e. The molecule has 60 valence electrons. The zero-order valence-corrected chi connectivity index (χ0v) is 6.64. The maximum absolute atomic E-state index is 9.00. The standard InChI is InChI=1S/C8H17NO/c1-8(6-10)4-2-7(9)3-5-8/h7,10H,2-6,9H2,1H3. The second-order valence-corrected chi connectivity index (χ2v) is 3.81. The van der Waals surface area contributed by atoms with Crippen LogP contribution >= 0.6 is 0 Å². The Bertz CT molecular complexity index is 106. The summed E-state index contributed by atoms with van der Waals surface area (Å²) in [5.74, 6) is 0. The zero-order valence-electron chi connectivity index (χ0n) is 6.64. The Morgan fingerprint density at radius 3 is 2.40 bits per heavy atom. The molecular formula is C8H17NO. The van der Waals surface area contributed by atoms with Gasteiger partial charge in [0.2, 0.25) is 0 Å². The fourth-order valence-corrected chi connectivity index (χ4v) is 1.50. The topological polar surface area (TPSA) is 46.2 Å². The van der Waals surface area contributed by atoms with E-state index in [0.717, 1.165) is 25.7 Å². The summed E-state index contributed by atoms with van der Waals surface area (Å²) >= 11 is 0. The Kier molecular flexibility index (Phi) is 2.32. The highest BCUT2D eigenvalue weighted by Gasteiger charge is 2.28. The zero-order chi connectivity index (χ0) is 7.61. The second-order valence-electron chi connectivity index (χ2n) is 3.81. The van der Waals surface area contributed by atoms with E-state index < -0.39 is 0 Å². The van der Waals surface area contributed by atoms with E-state index in [1.807, 2.05) is 0 Å². The molecule has 0 aromatic heterocycles. The third-order valence-electron chi connectivity index (χ3n) is 2.62. The van der Waals surface area contributed by atoms with Gasteiger partial charge in [-0.3, -0.25) is 0 Å². The average molecular weight is 143 g/mol. The highest BCUT2D eigenvalue weighted by atomic mass is 16.3. The van der Waals surface area contributed by atoms with E-state index in [9.17, 15) is 0 Å². The molecule has 1 rings (SSSR count). The number of nitrogens with two attached hydrogens (primary N) is 1. The monoisotopic (exact) mass is 143 g/mol. The lowest BCUT2D eigenvalue weighted by Crippen LogP contribution is -2.34. The Morgan fingerprint density at radius 1 is 1.50 bits per heavy atom. The first-order valence-corrected chi connectivity index (χ1v) is 4.03. The van der Waals surface area contributed by atoms with Gasteiger partial charge in [-0.05, 0) is 31.1 Å². The largest absolute Gasteiger partial charge is 0.396 e. The summed E-state index contributed by atoms with van der Waals surface area (Å²) in [6.45, 7) is 2.46. The van der Waals surface area contributed by atoms with Crippen molar-refractivity contribution in [2.75, 3.05) is 6.61 Å². The number of aliphatic hydroxyl groups is 1. The molecule has 2 nitrogen and oxygen atoms in total. The van der Waals surface area contributed by atoms with Crippen molar-refractivity contribution in [1.29, 1.82) is 0 Å². The van der Waals surface area contributed by atoms with Crippen molar-refractivity contribution in [3.8, 4) is 0 Å². The SMILES string of the molecule is CC1(CO)CCC(N)CC1. The Hall–Kier alpha value is -0.0800. The molecular weight excluding hydrogens is 126 g/mol. The molecule has 2 heteroatoms. The second kappa shape index (κ2) is 2.89. The molecule has 0 atom stereocenters. The van der Waals surface area contributed by atoms with Crippen LogP contribution in [0.4, 0.5) is 0 Å². The molecule has 0 heterocycles. The molecule has 0 radical (unpaired) electrons. The lowest BCUT2D eigenvalue weighted by atomic mass is 9.75. The maximum atomic E-state index is 9.00. The lowest BCUT2D eigenvalue weighted by Gasteiger charge is -2.34. The predicted octanol–water partition coefficient (Wildman–Crippen LogP) is 0.886. The van der Waals surface area contributed by atoms with Gasteiger partial charge in [-0.2, -0.15) is 0 Å². The molecule has 1 saturated carbocycles. The van der Waals surface area contributed by atoms with Gasteiger partial charge in [0.25, 0.3) is 0 Å². The first kappa shape index (κ1) is 8.02. The van der Waals surface area contributed by atoms with Crippen molar-refractivity contribution in [1.82, 2.24) is 0 Å². The third-order valence-corrected chi connectivity index (χ3v) is 2.62. The van der Waals surface area contributed by atoms with Gasteiger partial charge in [-0.25, -0.2) is 0 Å². The van der Waals surface area contributed by atoms with Crippen molar-refractivity contribution >= 4 is 0 Å². The van der Waals surface area contributed by atoms with Crippen LogP contribution in [-0.4, -0.2) is 17.8 Å². The van der Waals surface area contributed by atoms with Gasteiger partial charge in [0.1, 0.15) is 0 Å². The minimum absolute atomic E-state index is 0.176. The maximum Gasteiger partial charge on any atom is 0.0484 e. The molecule has 0 saturated heterocycles. The molecule has 0 aromatic rings. The van der Waals surface area contributed by atoms with E-state index in [2.05, 4.69) is 6.92 Å². The Labute approximate surface area is 62.4 Å². The van der Waals surface area contributed by atoms with E-state index in [4.69, 9.17) is 10.8 Å². The van der Waals surface area contributed by atoms with Crippen LogP contribution in [0.2, 0.25) is 0 Å². The summed E-state index contributed by atoms with van der Waals surface area (Å²) in [5.41, 5.74) is 5.91. The van der Waals surface area contributed by atoms with Crippen molar-refractivity contribution < 1.29 is 5.11 Å². The average Bonchev–Trinajstić information content (AvgIpc) is 1.96. The number of aliphatic hydroxyl groups excluding tert-OH is 1. The van der Waals surface area contributed by atoms with E-state index >= 15 is 0 Å². The van der Waals surface area contributed by atoms with Crippen molar-refractivity contribution in [3.63, 3.8) is 0 Å². The van der Waals surface area contributed by atoms with Crippen molar-refractivity contribution in [3.05, 3.63) is 0 Å². The van der Waals surface area contributed by atoms with Gasteiger partial charge in [0, 0.05) is 12.6 Å². The van der Waals surface area contributed by atoms with Gasteiger partial charge in [-0.1, -0.05) is 6.92 Å². The van der Waals surface area contributed by atoms with Crippen LogP contribution in [0.1, 0.15) is 32.6 Å². The first-order chi connectivity index (χ1) is 4.66. The van der Waals surface area contributed by atoms with E-state index in [0.29, 0.717) is 12.6 Å². The Morgan fingerprint density at radius 2 is 2.00 bits per heavy atom. The molecule has 3 N–H and O–H groups in total. The molecule has 0 aliphatic heterocycles. The molecule has 1 aliphatic carbocycles. The molecule has 0 bridgehead atoms. The quantitative estimate of drug-likeness (QED) is 0.572. The lowest BCUT2D eigenvalue weighted by molar-refractivity contribution is 0.0942. The smallest absolute Gasteiger partial charge is 0.0484 e. The summed E-state index contributed by atoms with van der Waals surface area (Å²) in [5, 5.41) is 9.00. The number of hydrogen-bond donors (Lipinski definition) is 2. The molecule has 0 spiro atoms. The molecule has 0 aromatic carbocycles. The molecule has 0 unspecified atom stereocenters. The summed E-state index contributed by atoms with van der Waals surface area (Å²) in [6.07, 6.45) is 4.34. The van der Waals surface area contributed by atoms with E-state index in [-0.39, 0.29) is 5.41 Å². The molecule has 0 amide bonds. The molecule has 1 fully saturated rings. The van der Waals surface area contributed by atoms with Gasteiger partial charge < -0.3 is 10.8 Å². The van der Waals surface area contributed by atoms with Gasteiger partial charge in [0.15, 0.2) is 0 Å². The highest BCUT2D eigenvalue weighted by molar-refractivity contribution is 4.82. The summed E-state index contributed by atoms with van der Waals surface area (Å²) in [4.78, 5) is 0. The van der Waals surface area contributed by atoms with Crippen molar-refractivity contribution in [2.24, 2.45) is 11.1 Å². The normalized spacial score (nSPS) is 41.7. The van der Waals surface area contributed by atoms with Crippen LogP contribution in [0.5, 0.6) is 0 Å². The van der Waals surface area contributed by atoms with Crippen LogP contribution in [0.25, 0.3) is 0 Å². The first-order valence-electron chi connectivity index (χ1n) is 4.03. The highest BCUT2D eigenvalue weighted by Crippen LogP contribution is 2.34. The Balaban J connectivity index is 2.38. The van der Waals surface area contributed by atoms with Crippen LogP contribution in [0.3, 0.4) is 0 Å². The summed E-state index contributed by atoms with van der Waals surface area (Å²) < 4.78 is 0. The van der Waals surface area contributed by atoms with Crippen molar-refractivity contribution in [2.45, 2.75) is 38.6 Å². The van der Waals surface area contributed by atoms with Gasteiger partial charge >= 0.3 is 0 Å². The van der Waals surface area contributed by atoms with Crippen LogP contribution in [0, 0.1) is 5.41 Å². The minimum atomic E-state index is 0.176. The number of hydrogen-bond acceptors (Lipinski definition) is 2. The predicted molar refractivity (Wildman–Crippen MR) is 41.6 cm³/mol. The van der Waals surface area contributed by atoms with Crippen LogP contribution in [0.15, 0.2) is 0 Å². The number of rotatable bonds is 1. The third kappa shape index (κ3) is 1.70. The fourth-order valence-electron chi connectivity index (χ4n) is 1.50. The summed E-state index contributed by atoms with van der Waals surface area (Å²) in [6, 6.07) is 0.389. The molecule has 1 aliphatic rings. The van der Waals surface area contributed by atoms with Gasteiger partial charge in [-0.15, -0.1) is 0 Å². The molecule has 10 heavy (non-hydrogen) atoms. The van der Waals surface area contributed by atoms with E-state index in [1.165, 1.54) is 0 Å². The van der Waals surface area contributed by atoms with E-state index in [1.54, 1.807) is 0 Å². The van der Waals surface area contributed by atoms with Gasteiger partial charge in [0.05, 0.1) is 0 Å². The van der Waals surface area contributed by atoms with Crippen LogP contribution < -0.4 is 5.73 Å². The van der Waals surface area contributed by atoms with Crippen LogP contribution in [-0.2, 0) is 0 Å². The summed E-state index contributed by atoms with van der Waals surface area (Å²) in [7, 11) is 0. The fraction of sp³-hybridized carbons (Fsp3) is 1.00.